The van der Waals surface area contributed by atoms with Gasteiger partial charge < -0.3 is 19.2 Å². The highest BCUT2D eigenvalue weighted by Gasteiger charge is 2.56. The van der Waals surface area contributed by atoms with Crippen LogP contribution in [0, 0.1) is 5.92 Å². The molecule has 2 aliphatic heterocycles. The zero-order valence-corrected chi connectivity index (χ0v) is 20.2. The molecular formula is C26H36N2O5. The molecule has 33 heavy (non-hydrogen) atoms. The predicted molar refractivity (Wildman–Crippen MR) is 126 cm³/mol. The zero-order chi connectivity index (χ0) is 23.6. The molecule has 1 fully saturated rings. The number of carbonyl (C=O) groups is 2. The maximum absolute atomic E-state index is 13.7. The van der Waals surface area contributed by atoms with E-state index in [2.05, 4.69) is 22.9 Å². The van der Waals surface area contributed by atoms with Crippen LogP contribution in [0.25, 0.3) is 10.9 Å². The van der Waals surface area contributed by atoms with Gasteiger partial charge in [-0.1, -0.05) is 0 Å². The van der Waals surface area contributed by atoms with Crippen molar-refractivity contribution >= 4 is 22.8 Å². The lowest BCUT2D eigenvalue weighted by molar-refractivity contribution is -0.157. The molecule has 1 N–H and O–H groups in total. The van der Waals surface area contributed by atoms with E-state index >= 15 is 0 Å². The molecule has 3 heterocycles. The standard InChI is InChI=1S/C26H36N2O5/c1-5-32-25(30)26-15-19(8-6-7-13-33-18(3)29)16-28(17(26)2)12-11-21-22-14-20(31-4)9-10-23(22)27-24(21)26/h9-10,14,17,19,27H,5-8,11-13,15-16H2,1-4H3/t17?,19-,26?/m0/s1. The number of nitrogens with one attached hydrogen (secondary N) is 1. The number of benzene rings is 1. The van der Waals surface area contributed by atoms with Gasteiger partial charge in [0.15, 0.2) is 0 Å². The SMILES string of the molecule is CCOC(=O)C12C[C@H](CCCCOC(C)=O)CN(CCc3c1[nH]c1ccc(OC)cc31)C2C. The Morgan fingerprint density at radius 2 is 2.06 bits per heavy atom. The van der Waals surface area contributed by atoms with E-state index < -0.39 is 5.41 Å². The smallest absolute Gasteiger partial charge is 0.319 e. The van der Waals surface area contributed by atoms with Crippen molar-refractivity contribution < 1.29 is 23.8 Å². The van der Waals surface area contributed by atoms with Gasteiger partial charge in [-0.15, -0.1) is 0 Å². The lowest BCUT2D eigenvalue weighted by Gasteiger charge is -2.48. The molecule has 1 aromatic carbocycles. The van der Waals surface area contributed by atoms with E-state index in [4.69, 9.17) is 14.2 Å². The lowest BCUT2D eigenvalue weighted by Crippen LogP contribution is -2.59. The van der Waals surface area contributed by atoms with Gasteiger partial charge in [-0.3, -0.25) is 14.5 Å². The van der Waals surface area contributed by atoms with Gasteiger partial charge in [0.05, 0.1) is 20.3 Å². The first-order valence-electron chi connectivity index (χ1n) is 12.1. The van der Waals surface area contributed by atoms with Gasteiger partial charge in [0.25, 0.3) is 0 Å². The Bertz CT molecular complexity index is 1020. The van der Waals surface area contributed by atoms with E-state index in [1.165, 1.54) is 12.5 Å². The number of methoxy groups -OCH3 is 1. The minimum Gasteiger partial charge on any atom is -0.497 e. The third kappa shape index (κ3) is 4.35. The Morgan fingerprint density at radius 3 is 2.79 bits per heavy atom. The third-order valence-electron chi connectivity index (χ3n) is 7.52. The van der Waals surface area contributed by atoms with Crippen LogP contribution in [-0.2, 0) is 30.9 Å². The molecule has 0 radical (unpaired) electrons. The molecule has 4 rings (SSSR count). The highest BCUT2D eigenvalue weighted by Crippen LogP contribution is 2.48. The average Bonchev–Trinajstić information content (AvgIpc) is 3.14. The fraction of sp³-hybridized carbons (Fsp3) is 0.615. The third-order valence-corrected chi connectivity index (χ3v) is 7.52. The summed E-state index contributed by atoms with van der Waals surface area (Å²) in [5.41, 5.74) is 2.53. The van der Waals surface area contributed by atoms with Gasteiger partial charge >= 0.3 is 11.9 Å². The van der Waals surface area contributed by atoms with Gasteiger partial charge in [-0.05, 0) is 75.6 Å². The van der Waals surface area contributed by atoms with Crippen molar-refractivity contribution in [2.45, 2.75) is 64.3 Å². The number of H-pyrrole nitrogens is 1. The van der Waals surface area contributed by atoms with Crippen LogP contribution >= 0.6 is 0 Å². The molecule has 0 spiro atoms. The van der Waals surface area contributed by atoms with Crippen LogP contribution in [0.5, 0.6) is 5.75 Å². The van der Waals surface area contributed by atoms with Gasteiger partial charge in [0.1, 0.15) is 11.2 Å². The predicted octanol–water partition coefficient (Wildman–Crippen LogP) is 3.98. The number of rotatable bonds is 8. The summed E-state index contributed by atoms with van der Waals surface area (Å²) in [5, 5.41) is 1.13. The minimum atomic E-state index is -0.729. The fourth-order valence-corrected chi connectivity index (χ4v) is 5.90. The van der Waals surface area contributed by atoms with Crippen LogP contribution in [-0.4, -0.2) is 61.3 Å². The van der Waals surface area contributed by atoms with E-state index in [0.29, 0.717) is 19.1 Å². The number of piperidine rings is 1. The molecule has 1 saturated heterocycles. The second kappa shape index (κ2) is 9.75. The van der Waals surface area contributed by atoms with Crippen molar-refractivity contribution in [3.63, 3.8) is 0 Å². The largest absolute Gasteiger partial charge is 0.497 e. The summed E-state index contributed by atoms with van der Waals surface area (Å²) in [7, 11) is 1.68. The number of nitrogens with zero attached hydrogens (tertiary/aromatic N) is 1. The number of fused-ring (bicyclic) bond motifs is 6. The van der Waals surface area contributed by atoms with Crippen molar-refractivity contribution in [2.24, 2.45) is 5.92 Å². The Labute approximate surface area is 195 Å². The van der Waals surface area contributed by atoms with Crippen molar-refractivity contribution in [2.75, 3.05) is 33.4 Å². The summed E-state index contributed by atoms with van der Waals surface area (Å²) in [6.07, 6.45) is 4.45. The monoisotopic (exact) mass is 456 g/mol. The number of hydrogen-bond acceptors (Lipinski definition) is 6. The molecule has 0 aliphatic carbocycles. The summed E-state index contributed by atoms with van der Waals surface area (Å²) in [6.45, 7) is 8.19. The number of ether oxygens (including phenoxy) is 3. The molecule has 180 valence electrons. The maximum atomic E-state index is 13.7. The number of carbonyl (C=O) groups excluding carboxylic acids is 2. The molecule has 2 aromatic rings. The molecule has 0 amide bonds. The van der Waals surface area contributed by atoms with Crippen LogP contribution in [0.3, 0.4) is 0 Å². The van der Waals surface area contributed by atoms with Crippen LogP contribution < -0.4 is 4.74 Å². The molecule has 7 heteroatoms. The average molecular weight is 457 g/mol. The molecule has 1 aromatic heterocycles. The molecule has 2 aliphatic rings. The first-order chi connectivity index (χ1) is 15.9. The lowest BCUT2D eigenvalue weighted by atomic mass is 9.67. The quantitative estimate of drug-likeness (QED) is 0.478. The normalized spacial score (nSPS) is 26.4. The van der Waals surface area contributed by atoms with Crippen LogP contribution in [0.1, 0.15) is 57.7 Å². The van der Waals surface area contributed by atoms with Crippen molar-refractivity contribution in [1.29, 1.82) is 0 Å². The zero-order valence-electron chi connectivity index (χ0n) is 20.2. The summed E-state index contributed by atoms with van der Waals surface area (Å²) < 4.78 is 16.3. The van der Waals surface area contributed by atoms with Crippen molar-refractivity contribution in [1.82, 2.24) is 9.88 Å². The Balaban J connectivity index is 1.70. The van der Waals surface area contributed by atoms with Crippen LogP contribution in [0.4, 0.5) is 0 Å². The molecule has 3 unspecified atom stereocenters. The maximum Gasteiger partial charge on any atom is 0.319 e. The van der Waals surface area contributed by atoms with E-state index in [9.17, 15) is 9.59 Å². The molecule has 2 bridgehead atoms. The number of esters is 2. The number of aromatic nitrogens is 1. The number of aromatic amines is 1. The second-order valence-corrected chi connectivity index (χ2v) is 9.41. The number of unbranched alkanes of at least 4 members (excludes halogenated alkanes) is 1. The van der Waals surface area contributed by atoms with E-state index in [1.54, 1.807) is 7.11 Å². The van der Waals surface area contributed by atoms with Gasteiger partial charge in [0.2, 0.25) is 0 Å². The molecule has 0 saturated carbocycles. The van der Waals surface area contributed by atoms with Gasteiger partial charge in [0, 0.05) is 42.7 Å². The first-order valence-corrected chi connectivity index (χ1v) is 12.1. The molecular weight excluding hydrogens is 420 g/mol. The van der Waals surface area contributed by atoms with Crippen LogP contribution in [0.2, 0.25) is 0 Å². The first kappa shape index (κ1) is 23.6. The second-order valence-electron chi connectivity index (χ2n) is 9.41. The molecule has 7 nitrogen and oxygen atoms in total. The van der Waals surface area contributed by atoms with Gasteiger partial charge in [-0.25, -0.2) is 0 Å². The van der Waals surface area contributed by atoms with E-state index in [-0.39, 0.29) is 18.0 Å². The van der Waals surface area contributed by atoms with Crippen molar-refractivity contribution in [3.8, 4) is 5.75 Å². The summed E-state index contributed by atoms with van der Waals surface area (Å²) in [6, 6.07) is 6.12. The fourth-order valence-electron chi connectivity index (χ4n) is 5.90. The van der Waals surface area contributed by atoms with Crippen molar-refractivity contribution in [3.05, 3.63) is 29.5 Å². The van der Waals surface area contributed by atoms with E-state index in [1.807, 2.05) is 19.1 Å². The highest BCUT2D eigenvalue weighted by molar-refractivity contribution is 5.92. The van der Waals surface area contributed by atoms with E-state index in [0.717, 1.165) is 67.5 Å². The summed E-state index contributed by atoms with van der Waals surface area (Å²) >= 11 is 0. The molecule has 4 atom stereocenters. The Hall–Kier alpha value is -2.54. The van der Waals surface area contributed by atoms with Gasteiger partial charge in [-0.2, -0.15) is 0 Å². The topological polar surface area (TPSA) is 80.9 Å². The highest BCUT2D eigenvalue weighted by atomic mass is 16.5. The summed E-state index contributed by atoms with van der Waals surface area (Å²) in [5.74, 6) is 0.826. The van der Waals surface area contributed by atoms with Crippen LogP contribution in [0.15, 0.2) is 18.2 Å². The minimum absolute atomic E-state index is 0.0463. The Morgan fingerprint density at radius 1 is 1.24 bits per heavy atom. The summed E-state index contributed by atoms with van der Waals surface area (Å²) in [4.78, 5) is 30.8. The Kier molecular flexibility index (Phi) is 6.98. The number of hydrogen-bond donors (Lipinski definition) is 1.